The SMILES string of the molecule is CC(O)N1CCCC(Oc2nc3nc(-c4ccc(N5CCOCC5)cc4)c(Cl)cc3[nH]2)CC1. The molecule has 4 heterocycles. The number of nitrogens with zero attached hydrogens (tertiary/aromatic N) is 4. The summed E-state index contributed by atoms with van der Waals surface area (Å²) in [5.74, 6) is 0. The summed E-state index contributed by atoms with van der Waals surface area (Å²) in [6, 6.07) is 10.6. The van der Waals surface area contributed by atoms with Crippen molar-refractivity contribution in [1.82, 2.24) is 19.9 Å². The lowest BCUT2D eigenvalue weighted by Crippen LogP contribution is -2.36. The molecule has 0 aliphatic carbocycles. The molecule has 2 unspecified atom stereocenters. The number of benzene rings is 1. The number of aromatic nitrogens is 3. The van der Waals surface area contributed by atoms with E-state index in [9.17, 15) is 5.11 Å². The third-order valence-corrected chi connectivity index (χ3v) is 6.73. The van der Waals surface area contributed by atoms with Crippen LogP contribution in [0.2, 0.25) is 5.02 Å². The smallest absolute Gasteiger partial charge is 0.296 e. The van der Waals surface area contributed by atoms with Crippen molar-refractivity contribution in [1.29, 1.82) is 0 Å². The molecule has 0 spiro atoms. The minimum Gasteiger partial charge on any atom is -0.461 e. The Morgan fingerprint density at radius 2 is 1.91 bits per heavy atom. The molecule has 2 atom stereocenters. The lowest BCUT2D eigenvalue weighted by molar-refractivity contribution is 0.0193. The fraction of sp³-hybridized carbons (Fsp3) is 0.500. The molecule has 2 aromatic heterocycles. The number of pyridine rings is 1. The van der Waals surface area contributed by atoms with Crippen molar-refractivity contribution in [2.24, 2.45) is 0 Å². The predicted molar refractivity (Wildman–Crippen MR) is 129 cm³/mol. The molecule has 0 bridgehead atoms. The van der Waals surface area contributed by atoms with Crippen molar-refractivity contribution in [2.45, 2.75) is 38.5 Å². The van der Waals surface area contributed by atoms with Crippen molar-refractivity contribution in [3.05, 3.63) is 35.4 Å². The Kier molecular flexibility index (Phi) is 6.69. The van der Waals surface area contributed by atoms with E-state index in [-0.39, 0.29) is 6.10 Å². The van der Waals surface area contributed by atoms with Crippen molar-refractivity contribution in [3.8, 4) is 17.3 Å². The van der Waals surface area contributed by atoms with E-state index in [0.717, 1.165) is 69.7 Å². The van der Waals surface area contributed by atoms with Crippen LogP contribution in [0.3, 0.4) is 0 Å². The van der Waals surface area contributed by atoms with Crippen LogP contribution < -0.4 is 9.64 Å². The maximum atomic E-state index is 9.84. The third-order valence-electron chi connectivity index (χ3n) is 6.44. The summed E-state index contributed by atoms with van der Waals surface area (Å²) < 4.78 is 11.6. The summed E-state index contributed by atoms with van der Waals surface area (Å²) in [6.45, 7) is 6.81. The van der Waals surface area contributed by atoms with Gasteiger partial charge in [0.1, 0.15) is 12.3 Å². The summed E-state index contributed by atoms with van der Waals surface area (Å²) >= 11 is 6.59. The quantitative estimate of drug-likeness (QED) is 0.586. The molecular weight excluding hydrogens is 442 g/mol. The van der Waals surface area contributed by atoms with Gasteiger partial charge in [0.15, 0.2) is 5.65 Å². The molecule has 2 aliphatic rings. The fourth-order valence-electron chi connectivity index (χ4n) is 4.54. The van der Waals surface area contributed by atoms with Gasteiger partial charge in [0, 0.05) is 37.4 Å². The van der Waals surface area contributed by atoms with E-state index < -0.39 is 6.23 Å². The van der Waals surface area contributed by atoms with Gasteiger partial charge in [0.2, 0.25) is 0 Å². The Morgan fingerprint density at radius 1 is 1.12 bits per heavy atom. The molecule has 0 saturated carbocycles. The fourth-order valence-corrected chi connectivity index (χ4v) is 4.80. The number of H-pyrrole nitrogens is 1. The van der Waals surface area contributed by atoms with Crippen LogP contribution in [0, 0.1) is 0 Å². The van der Waals surface area contributed by atoms with E-state index in [4.69, 9.17) is 26.1 Å². The average molecular weight is 472 g/mol. The van der Waals surface area contributed by atoms with E-state index in [1.165, 1.54) is 5.69 Å². The second-order valence-corrected chi connectivity index (χ2v) is 9.12. The molecule has 2 saturated heterocycles. The van der Waals surface area contributed by atoms with Crippen LogP contribution in [-0.4, -0.2) is 76.7 Å². The number of hydrogen-bond acceptors (Lipinski definition) is 7. The van der Waals surface area contributed by atoms with Crippen molar-refractivity contribution < 1.29 is 14.6 Å². The van der Waals surface area contributed by atoms with Gasteiger partial charge in [-0.2, -0.15) is 4.98 Å². The summed E-state index contributed by atoms with van der Waals surface area (Å²) in [5.41, 5.74) is 4.17. The molecule has 3 aromatic rings. The number of rotatable bonds is 5. The number of aromatic amines is 1. The largest absolute Gasteiger partial charge is 0.461 e. The first kappa shape index (κ1) is 22.4. The number of halogens is 1. The number of aliphatic hydroxyl groups is 1. The molecule has 0 amide bonds. The Balaban J connectivity index is 1.32. The molecule has 8 nitrogen and oxygen atoms in total. The minimum absolute atomic E-state index is 0.0528. The number of ether oxygens (including phenoxy) is 2. The van der Waals surface area contributed by atoms with Gasteiger partial charge in [-0.05, 0) is 44.4 Å². The van der Waals surface area contributed by atoms with Crippen LogP contribution in [0.4, 0.5) is 5.69 Å². The topological polar surface area (TPSA) is 86.7 Å². The number of anilines is 1. The van der Waals surface area contributed by atoms with Crippen LogP contribution in [0.15, 0.2) is 30.3 Å². The average Bonchev–Trinajstić information content (AvgIpc) is 3.05. The normalized spacial score (nSPS) is 21.2. The van der Waals surface area contributed by atoms with Gasteiger partial charge >= 0.3 is 0 Å². The molecule has 9 heteroatoms. The standard InChI is InChI=1S/C24H30ClN5O3/c1-16(31)29-9-2-3-19(8-10-29)33-24-26-21-15-20(25)22(27-23(21)28-24)17-4-6-18(7-5-17)30-11-13-32-14-12-30/h4-7,15-16,19,31H,2-3,8-14H2,1H3,(H,26,27,28). The highest BCUT2D eigenvalue weighted by atomic mass is 35.5. The highest BCUT2D eigenvalue weighted by Gasteiger charge is 2.22. The van der Waals surface area contributed by atoms with Gasteiger partial charge in [-0.25, -0.2) is 4.98 Å². The van der Waals surface area contributed by atoms with E-state index in [2.05, 4.69) is 31.9 Å². The molecule has 0 radical (unpaired) electrons. The number of hydrogen-bond donors (Lipinski definition) is 2. The molecule has 2 N–H and O–H groups in total. The third kappa shape index (κ3) is 5.09. The lowest BCUT2D eigenvalue weighted by atomic mass is 10.1. The summed E-state index contributed by atoms with van der Waals surface area (Å²) in [4.78, 5) is 16.9. The summed E-state index contributed by atoms with van der Waals surface area (Å²) in [6.07, 6.45) is 2.37. The molecule has 2 aliphatic heterocycles. The van der Waals surface area contributed by atoms with Crippen molar-refractivity contribution in [3.63, 3.8) is 0 Å². The first-order chi connectivity index (χ1) is 16.1. The molecule has 1 aromatic carbocycles. The number of nitrogens with one attached hydrogen (secondary N) is 1. The van der Waals surface area contributed by atoms with Crippen molar-refractivity contribution in [2.75, 3.05) is 44.3 Å². The zero-order valence-corrected chi connectivity index (χ0v) is 19.6. The van der Waals surface area contributed by atoms with Crippen molar-refractivity contribution >= 4 is 28.5 Å². The van der Waals surface area contributed by atoms with E-state index >= 15 is 0 Å². The second kappa shape index (κ2) is 9.85. The molecule has 5 rings (SSSR count). The van der Waals surface area contributed by atoms with Gasteiger partial charge in [-0.1, -0.05) is 23.7 Å². The predicted octanol–water partition coefficient (Wildman–Crippen LogP) is 3.69. The molecule has 2 fully saturated rings. The Labute approximate surface area is 198 Å². The van der Waals surface area contributed by atoms with E-state index in [1.54, 1.807) is 0 Å². The number of fused-ring (bicyclic) bond motifs is 1. The molecule has 33 heavy (non-hydrogen) atoms. The van der Waals surface area contributed by atoms with Gasteiger partial charge in [0.05, 0.1) is 29.4 Å². The van der Waals surface area contributed by atoms with E-state index in [1.807, 2.05) is 25.1 Å². The highest BCUT2D eigenvalue weighted by molar-refractivity contribution is 6.33. The first-order valence-corrected chi connectivity index (χ1v) is 12.0. The number of aliphatic hydroxyl groups excluding tert-OH is 1. The second-order valence-electron chi connectivity index (χ2n) is 8.72. The minimum atomic E-state index is -0.428. The van der Waals surface area contributed by atoms with Crippen LogP contribution in [0.5, 0.6) is 6.01 Å². The van der Waals surface area contributed by atoms with Gasteiger partial charge < -0.3 is 24.5 Å². The number of likely N-dealkylation sites (tertiary alicyclic amines) is 1. The van der Waals surface area contributed by atoms with Gasteiger partial charge in [-0.3, -0.25) is 4.90 Å². The number of imidazole rings is 1. The van der Waals surface area contributed by atoms with Gasteiger partial charge in [0.25, 0.3) is 6.01 Å². The Bertz CT molecular complexity index is 1080. The summed E-state index contributed by atoms with van der Waals surface area (Å²) in [7, 11) is 0. The number of morpholine rings is 1. The van der Waals surface area contributed by atoms with Crippen LogP contribution in [0.1, 0.15) is 26.2 Å². The molecular formula is C24H30ClN5O3. The van der Waals surface area contributed by atoms with Gasteiger partial charge in [-0.15, -0.1) is 0 Å². The molecule has 176 valence electrons. The maximum Gasteiger partial charge on any atom is 0.296 e. The van der Waals surface area contributed by atoms with E-state index in [0.29, 0.717) is 22.4 Å². The maximum absolute atomic E-state index is 9.84. The highest BCUT2D eigenvalue weighted by Crippen LogP contribution is 2.31. The Morgan fingerprint density at radius 3 is 2.67 bits per heavy atom. The zero-order valence-electron chi connectivity index (χ0n) is 18.8. The van der Waals surface area contributed by atoms with Crippen LogP contribution >= 0.6 is 11.6 Å². The van der Waals surface area contributed by atoms with Crippen LogP contribution in [0.25, 0.3) is 22.4 Å². The summed E-state index contributed by atoms with van der Waals surface area (Å²) in [5, 5.41) is 10.4. The Hall–Kier alpha value is -2.39. The lowest BCUT2D eigenvalue weighted by Gasteiger charge is -2.28. The zero-order chi connectivity index (χ0) is 22.8. The van der Waals surface area contributed by atoms with Crippen LogP contribution in [-0.2, 0) is 4.74 Å². The first-order valence-electron chi connectivity index (χ1n) is 11.6. The monoisotopic (exact) mass is 471 g/mol.